The molecule has 2 N–H and O–H groups in total. The molecule has 0 bridgehead atoms. The van der Waals surface area contributed by atoms with E-state index in [1.54, 1.807) is 13.0 Å². The molecule has 0 saturated heterocycles. The number of aryl methyl sites for hydroxylation is 1. The molecule has 106 valence electrons. The summed E-state index contributed by atoms with van der Waals surface area (Å²) >= 11 is 0. The first-order valence-corrected chi connectivity index (χ1v) is 6.72. The Hall–Kier alpha value is -1.55. The molecule has 0 radical (unpaired) electrons. The van der Waals surface area contributed by atoms with Crippen molar-refractivity contribution < 1.29 is 14.6 Å². The summed E-state index contributed by atoms with van der Waals surface area (Å²) in [4.78, 5) is 11.5. The van der Waals surface area contributed by atoms with Gasteiger partial charge in [0.25, 0.3) is 5.91 Å². The van der Waals surface area contributed by atoms with Gasteiger partial charge in [-0.25, -0.2) is 0 Å². The average Bonchev–Trinajstić information content (AvgIpc) is 2.37. The maximum absolute atomic E-state index is 11.5. The van der Waals surface area contributed by atoms with E-state index >= 15 is 0 Å². The van der Waals surface area contributed by atoms with Gasteiger partial charge < -0.3 is 15.2 Å². The van der Waals surface area contributed by atoms with Gasteiger partial charge in [0.1, 0.15) is 5.75 Å². The van der Waals surface area contributed by atoms with Crippen LogP contribution in [0, 0.1) is 6.92 Å². The first-order valence-electron chi connectivity index (χ1n) is 6.72. The van der Waals surface area contributed by atoms with Crippen LogP contribution in [0.5, 0.6) is 5.75 Å². The Kier molecular flexibility index (Phi) is 6.36. The number of unbranched alkanes of at least 4 members (excludes halogenated alkanes) is 1. The van der Waals surface area contributed by atoms with Crippen LogP contribution in [0.2, 0.25) is 0 Å². The second-order valence-electron chi connectivity index (χ2n) is 4.69. The van der Waals surface area contributed by atoms with Crippen molar-refractivity contribution in [3.8, 4) is 5.75 Å². The average molecular weight is 265 g/mol. The van der Waals surface area contributed by atoms with Gasteiger partial charge in [-0.1, -0.05) is 19.4 Å². The summed E-state index contributed by atoms with van der Waals surface area (Å²) in [5.74, 6) is 0.572. The smallest absolute Gasteiger partial charge is 0.257 e. The molecule has 1 amide bonds. The molecule has 0 saturated carbocycles. The topological polar surface area (TPSA) is 58.6 Å². The third-order valence-electron chi connectivity index (χ3n) is 2.89. The van der Waals surface area contributed by atoms with Crippen molar-refractivity contribution in [2.75, 3.05) is 13.2 Å². The fourth-order valence-electron chi connectivity index (χ4n) is 1.69. The predicted molar refractivity (Wildman–Crippen MR) is 75.2 cm³/mol. The molecular formula is C15H23NO3. The number of hydrogen-bond acceptors (Lipinski definition) is 3. The highest BCUT2D eigenvalue weighted by Gasteiger charge is 2.07. The third-order valence-corrected chi connectivity index (χ3v) is 2.89. The molecule has 0 aliphatic heterocycles. The molecule has 1 aromatic carbocycles. The third kappa shape index (κ3) is 5.30. The Morgan fingerprint density at radius 2 is 2.21 bits per heavy atom. The lowest BCUT2D eigenvalue weighted by Gasteiger charge is -2.12. The number of amides is 1. The Balaban J connectivity index is 2.47. The molecule has 0 aliphatic carbocycles. The summed E-state index contributed by atoms with van der Waals surface area (Å²) in [6, 6.07) is 5.47. The number of aliphatic hydroxyl groups is 1. The number of hydrogen-bond donors (Lipinski definition) is 2. The molecule has 0 aromatic heterocycles. The zero-order valence-electron chi connectivity index (χ0n) is 11.9. The minimum absolute atomic E-state index is 0.0264. The van der Waals surface area contributed by atoms with Crippen molar-refractivity contribution in [2.24, 2.45) is 0 Å². The largest absolute Gasteiger partial charge is 0.484 e. The molecule has 1 rings (SSSR count). The maximum Gasteiger partial charge on any atom is 0.257 e. The summed E-state index contributed by atoms with van der Waals surface area (Å²) in [6.07, 6.45) is 1.54. The molecule has 0 aliphatic rings. The molecule has 0 fully saturated rings. The molecule has 0 spiro atoms. The highest BCUT2D eigenvalue weighted by molar-refractivity contribution is 5.77. The van der Waals surface area contributed by atoms with E-state index < -0.39 is 6.10 Å². The van der Waals surface area contributed by atoms with Gasteiger partial charge in [0.15, 0.2) is 6.61 Å². The second-order valence-corrected chi connectivity index (χ2v) is 4.69. The summed E-state index contributed by atoms with van der Waals surface area (Å²) < 4.78 is 5.47. The van der Waals surface area contributed by atoms with Crippen LogP contribution in [0.15, 0.2) is 18.2 Å². The van der Waals surface area contributed by atoms with Gasteiger partial charge >= 0.3 is 0 Å². The normalized spacial score (nSPS) is 12.0. The highest BCUT2D eigenvalue weighted by Crippen LogP contribution is 2.22. The fourth-order valence-corrected chi connectivity index (χ4v) is 1.69. The number of carbonyl (C=O) groups excluding carboxylic acids is 1. The van der Waals surface area contributed by atoms with Crippen molar-refractivity contribution in [1.29, 1.82) is 0 Å². The molecule has 19 heavy (non-hydrogen) atoms. The van der Waals surface area contributed by atoms with E-state index in [1.807, 2.05) is 19.1 Å². The standard InChI is InChI=1S/C15H23NO3/c1-4-5-8-16-15(18)10-19-14-7-6-13(12(3)17)9-11(14)2/h6-7,9,12,17H,4-5,8,10H2,1-3H3,(H,16,18)/t12-/m0/s1. The summed E-state index contributed by atoms with van der Waals surface area (Å²) in [5.41, 5.74) is 1.76. The lowest BCUT2D eigenvalue weighted by atomic mass is 10.1. The monoisotopic (exact) mass is 265 g/mol. The quantitative estimate of drug-likeness (QED) is 0.744. The zero-order valence-corrected chi connectivity index (χ0v) is 11.9. The van der Waals surface area contributed by atoms with Crippen LogP contribution in [0.3, 0.4) is 0 Å². The molecule has 0 heterocycles. The van der Waals surface area contributed by atoms with Crippen LogP contribution >= 0.6 is 0 Å². The van der Waals surface area contributed by atoms with Crippen molar-refractivity contribution in [3.05, 3.63) is 29.3 Å². The van der Waals surface area contributed by atoms with Gasteiger partial charge in [0.2, 0.25) is 0 Å². The van der Waals surface area contributed by atoms with Gasteiger partial charge in [-0.2, -0.15) is 0 Å². The van der Waals surface area contributed by atoms with Crippen LogP contribution in [-0.4, -0.2) is 24.2 Å². The molecule has 0 unspecified atom stereocenters. The van der Waals surface area contributed by atoms with Crippen molar-refractivity contribution in [3.63, 3.8) is 0 Å². The molecular weight excluding hydrogens is 242 g/mol. The van der Waals surface area contributed by atoms with Gasteiger partial charge in [0.05, 0.1) is 6.10 Å². The van der Waals surface area contributed by atoms with Crippen LogP contribution in [-0.2, 0) is 4.79 Å². The number of ether oxygens (including phenoxy) is 1. The Morgan fingerprint density at radius 1 is 1.47 bits per heavy atom. The van der Waals surface area contributed by atoms with E-state index in [2.05, 4.69) is 12.2 Å². The van der Waals surface area contributed by atoms with Crippen molar-refractivity contribution in [2.45, 2.75) is 39.7 Å². The first kappa shape index (κ1) is 15.5. The Labute approximate surface area is 114 Å². The zero-order chi connectivity index (χ0) is 14.3. The Bertz CT molecular complexity index is 416. The van der Waals surface area contributed by atoms with Crippen LogP contribution in [0.25, 0.3) is 0 Å². The molecule has 4 nitrogen and oxygen atoms in total. The van der Waals surface area contributed by atoms with Crippen LogP contribution < -0.4 is 10.1 Å². The number of rotatable bonds is 7. The van der Waals surface area contributed by atoms with E-state index in [9.17, 15) is 9.90 Å². The van der Waals surface area contributed by atoms with E-state index in [4.69, 9.17) is 4.74 Å². The lowest BCUT2D eigenvalue weighted by molar-refractivity contribution is -0.123. The summed E-state index contributed by atoms with van der Waals surface area (Å²) in [5, 5.41) is 12.3. The van der Waals surface area contributed by atoms with E-state index in [0.29, 0.717) is 12.3 Å². The molecule has 4 heteroatoms. The van der Waals surface area contributed by atoms with E-state index in [-0.39, 0.29) is 12.5 Å². The Morgan fingerprint density at radius 3 is 2.79 bits per heavy atom. The molecule has 1 atom stereocenters. The SMILES string of the molecule is CCCCNC(=O)COc1ccc([C@H](C)O)cc1C. The van der Waals surface area contributed by atoms with Crippen LogP contribution in [0.4, 0.5) is 0 Å². The number of aliphatic hydroxyl groups excluding tert-OH is 1. The number of nitrogens with one attached hydrogen (secondary N) is 1. The van der Waals surface area contributed by atoms with Gasteiger partial charge in [0, 0.05) is 6.54 Å². The van der Waals surface area contributed by atoms with E-state index in [1.165, 1.54) is 0 Å². The number of benzene rings is 1. The predicted octanol–water partition coefficient (Wildman–Crippen LogP) is 2.34. The van der Waals surface area contributed by atoms with Crippen molar-refractivity contribution >= 4 is 5.91 Å². The lowest BCUT2D eigenvalue weighted by Crippen LogP contribution is -2.29. The highest BCUT2D eigenvalue weighted by atomic mass is 16.5. The van der Waals surface area contributed by atoms with Crippen LogP contribution in [0.1, 0.15) is 43.9 Å². The summed E-state index contributed by atoms with van der Waals surface area (Å²) in [6.45, 7) is 6.42. The van der Waals surface area contributed by atoms with E-state index in [0.717, 1.165) is 24.0 Å². The van der Waals surface area contributed by atoms with Gasteiger partial charge in [-0.05, 0) is 43.5 Å². The summed E-state index contributed by atoms with van der Waals surface area (Å²) in [7, 11) is 0. The van der Waals surface area contributed by atoms with Crippen molar-refractivity contribution in [1.82, 2.24) is 5.32 Å². The fraction of sp³-hybridized carbons (Fsp3) is 0.533. The molecule has 1 aromatic rings. The first-order chi connectivity index (χ1) is 9.04. The van der Waals surface area contributed by atoms with Gasteiger partial charge in [-0.15, -0.1) is 0 Å². The number of carbonyl (C=O) groups is 1. The minimum Gasteiger partial charge on any atom is -0.484 e. The maximum atomic E-state index is 11.5. The minimum atomic E-state index is -0.495. The van der Waals surface area contributed by atoms with Gasteiger partial charge in [-0.3, -0.25) is 4.79 Å². The second kappa shape index (κ2) is 7.79.